The number of aliphatic hydroxyl groups excluding tert-OH is 4. The zero-order valence-electron chi connectivity index (χ0n) is 17.8. The third-order valence-electron chi connectivity index (χ3n) is 6.43. The molecule has 0 bridgehead atoms. The van der Waals surface area contributed by atoms with E-state index in [1.54, 1.807) is 13.2 Å². The summed E-state index contributed by atoms with van der Waals surface area (Å²) in [6, 6.07) is 13.6. The van der Waals surface area contributed by atoms with Crippen LogP contribution in [0, 0.1) is 0 Å². The monoisotopic (exact) mass is 430 g/mol. The average Bonchev–Trinajstić information content (AvgIpc) is 3.60. The van der Waals surface area contributed by atoms with Gasteiger partial charge >= 0.3 is 0 Å². The number of benzene rings is 2. The minimum atomic E-state index is -1.41. The summed E-state index contributed by atoms with van der Waals surface area (Å²) in [5, 5.41) is 40.3. The molecule has 2 aromatic carbocycles. The standard InChI is InChI=1S/C24H30O7/c1-3-30-16-7-5-15(6-8-16)24(10-11-24)17-12-14(4-9-18(17)29-2)23-22(28)21(27)20(26)19(13-25)31-23/h4-9,12,19-23,25-28H,3,10-11,13H2,1-2H3/t19-,20-,21+,22-,23+/m1/s1. The van der Waals surface area contributed by atoms with Crippen molar-refractivity contribution in [1.82, 2.24) is 0 Å². The third-order valence-corrected chi connectivity index (χ3v) is 6.43. The molecule has 0 radical (unpaired) electrons. The van der Waals surface area contributed by atoms with E-state index in [-0.39, 0.29) is 5.41 Å². The SMILES string of the molecule is CCOc1ccc(C2(c3cc([C@@H]4O[C@H](CO)[C@@H](O)[C@H](O)[C@H]4O)ccc3OC)CC2)cc1. The van der Waals surface area contributed by atoms with Gasteiger partial charge in [-0.2, -0.15) is 0 Å². The predicted molar refractivity (Wildman–Crippen MR) is 113 cm³/mol. The fourth-order valence-corrected chi connectivity index (χ4v) is 4.53. The van der Waals surface area contributed by atoms with Gasteiger partial charge in [0.05, 0.1) is 20.3 Å². The molecule has 4 rings (SSSR count). The van der Waals surface area contributed by atoms with Crippen molar-refractivity contribution in [3.8, 4) is 11.5 Å². The highest BCUT2D eigenvalue weighted by Crippen LogP contribution is 2.56. The zero-order valence-corrected chi connectivity index (χ0v) is 17.8. The smallest absolute Gasteiger partial charge is 0.122 e. The van der Waals surface area contributed by atoms with E-state index in [0.29, 0.717) is 12.2 Å². The van der Waals surface area contributed by atoms with Gasteiger partial charge in [-0.25, -0.2) is 0 Å². The van der Waals surface area contributed by atoms with Crippen LogP contribution in [0.4, 0.5) is 0 Å². The molecule has 7 heteroatoms. The van der Waals surface area contributed by atoms with Crippen molar-refractivity contribution in [3.63, 3.8) is 0 Å². The predicted octanol–water partition coefficient (Wildman–Crippen LogP) is 1.69. The van der Waals surface area contributed by atoms with E-state index in [1.807, 2.05) is 31.2 Å². The van der Waals surface area contributed by atoms with Crippen LogP contribution >= 0.6 is 0 Å². The maximum Gasteiger partial charge on any atom is 0.122 e. The molecular formula is C24H30O7. The quantitative estimate of drug-likeness (QED) is 0.529. The van der Waals surface area contributed by atoms with Crippen molar-refractivity contribution in [3.05, 3.63) is 59.2 Å². The minimum absolute atomic E-state index is 0.208. The van der Waals surface area contributed by atoms with Gasteiger partial charge in [-0.3, -0.25) is 0 Å². The topological polar surface area (TPSA) is 109 Å². The van der Waals surface area contributed by atoms with Crippen LogP contribution in [0.2, 0.25) is 0 Å². The van der Waals surface area contributed by atoms with Crippen molar-refractivity contribution in [2.75, 3.05) is 20.3 Å². The molecule has 31 heavy (non-hydrogen) atoms. The Balaban J connectivity index is 1.70. The second kappa shape index (κ2) is 8.76. The summed E-state index contributed by atoms with van der Waals surface area (Å²) in [7, 11) is 1.63. The molecule has 4 N–H and O–H groups in total. The summed E-state index contributed by atoms with van der Waals surface area (Å²) in [5.74, 6) is 1.56. The first-order valence-corrected chi connectivity index (χ1v) is 10.7. The van der Waals surface area contributed by atoms with Crippen molar-refractivity contribution >= 4 is 0 Å². The molecule has 7 nitrogen and oxygen atoms in total. The molecule has 168 valence electrons. The minimum Gasteiger partial charge on any atom is -0.496 e. The Morgan fingerprint density at radius 2 is 1.71 bits per heavy atom. The van der Waals surface area contributed by atoms with Gasteiger partial charge < -0.3 is 34.6 Å². The Hall–Kier alpha value is -2.16. The second-order valence-electron chi connectivity index (χ2n) is 8.25. The maximum absolute atomic E-state index is 10.5. The van der Waals surface area contributed by atoms with Crippen molar-refractivity contribution in [1.29, 1.82) is 0 Å². The fourth-order valence-electron chi connectivity index (χ4n) is 4.53. The molecule has 1 saturated carbocycles. The Morgan fingerprint density at radius 3 is 2.29 bits per heavy atom. The first kappa shape index (κ1) is 22.0. The number of hydrogen-bond acceptors (Lipinski definition) is 7. The van der Waals surface area contributed by atoms with Crippen LogP contribution in [0.1, 0.15) is 42.6 Å². The van der Waals surface area contributed by atoms with E-state index in [0.717, 1.165) is 35.5 Å². The first-order chi connectivity index (χ1) is 14.9. The van der Waals surface area contributed by atoms with E-state index in [9.17, 15) is 20.4 Å². The number of ether oxygens (including phenoxy) is 3. The number of rotatable bonds is 7. The van der Waals surface area contributed by atoms with Crippen LogP contribution in [0.3, 0.4) is 0 Å². The van der Waals surface area contributed by atoms with Gasteiger partial charge in [0.25, 0.3) is 0 Å². The lowest BCUT2D eigenvalue weighted by Gasteiger charge is -2.40. The van der Waals surface area contributed by atoms with Gasteiger partial charge in [-0.15, -0.1) is 0 Å². The maximum atomic E-state index is 10.5. The van der Waals surface area contributed by atoms with Gasteiger partial charge in [0, 0.05) is 11.0 Å². The molecule has 1 heterocycles. The molecule has 1 saturated heterocycles. The van der Waals surface area contributed by atoms with Gasteiger partial charge in [0.1, 0.15) is 42.0 Å². The van der Waals surface area contributed by atoms with Crippen molar-refractivity contribution < 1.29 is 34.6 Å². The molecule has 2 aromatic rings. The van der Waals surface area contributed by atoms with Gasteiger partial charge in [0.15, 0.2) is 0 Å². The van der Waals surface area contributed by atoms with Crippen LogP contribution in [0.5, 0.6) is 11.5 Å². The largest absolute Gasteiger partial charge is 0.496 e. The Kier molecular flexibility index (Phi) is 6.23. The zero-order chi connectivity index (χ0) is 22.2. The molecule has 0 aromatic heterocycles. The van der Waals surface area contributed by atoms with Crippen LogP contribution in [0.15, 0.2) is 42.5 Å². The molecule has 5 atom stereocenters. The summed E-state index contributed by atoms with van der Waals surface area (Å²) in [6.45, 7) is 2.10. The lowest BCUT2D eigenvalue weighted by molar-refractivity contribution is -0.231. The number of methoxy groups -OCH3 is 1. The van der Waals surface area contributed by atoms with E-state index in [2.05, 4.69) is 12.1 Å². The fraction of sp³-hybridized carbons (Fsp3) is 0.500. The number of aliphatic hydroxyl groups is 4. The molecule has 0 unspecified atom stereocenters. The molecule has 2 fully saturated rings. The van der Waals surface area contributed by atoms with Gasteiger partial charge in [-0.1, -0.05) is 18.2 Å². The lowest BCUT2D eigenvalue weighted by Crippen LogP contribution is -2.55. The van der Waals surface area contributed by atoms with Crippen molar-refractivity contribution in [2.45, 2.75) is 55.7 Å². The molecular weight excluding hydrogens is 400 g/mol. The Bertz CT molecular complexity index is 891. The second-order valence-corrected chi connectivity index (χ2v) is 8.25. The van der Waals surface area contributed by atoms with E-state index in [4.69, 9.17) is 14.2 Å². The van der Waals surface area contributed by atoms with Crippen LogP contribution in [-0.2, 0) is 10.2 Å². The number of hydrogen-bond donors (Lipinski definition) is 4. The summed E-state index contributed by atoms with van der Waals surface area (Å²) in [4.78, 5) is 0. The average molecular weight is 430 g/mol. The Morgan fingerprint density at radius 1 is 1.00 bits per heavy atom. The Labute approximate surface area is 181 Å². The van der Waals surface area contributed by atoms with Gasteiger partial charge in [0.2, 0.25) is 0 Å². The highest BCUT2D eigenvalue weighted by atomic mass is 16.5. The van der Waals surface area contributed by atoms with Crippen LogP contribution < -0.4 is 9.47 Å². The van der Waals surface area contributed by atoms with E-state index >= 15 is 0 Å². The van der Waals surface area contributed by atoms with Crippen LogP contribution in [-0.4, -0.2) is 65.2 Å². The molecule has 2 aliphatic rings. The first-order valence-electron chi connectivity index (χ1n) is 10.7. The summed E-state index contributed by atoms with van der Waals surface area (Å²) >= 11 is 0. The lowest BCUT2D eigenvalue weighted by atomic mass is 9.84. The van der Waals surface area contributed by atoms with E-state index < -0.39 is 37.1 Å². The van der Waals surface area contributed by atoms with E-state index in [1.165, 1.54) is 0 Å². The summed E-state index contributed by atoms with van der Waals surface area (Å²) < 4.78 is 17.0. The van der Waals surface area contributed by atoms with Gasteiger partial charge in [-0.05, 0) is 55.2 Å². The van der Waals surface area contributed by atoms with Crippen LogP contribution in [0.25, 0.3) is 0 Å². The van der Waals surface area contributed by atoms with Crippen molar-refractivity contribution in [2.24, 2.45) is 0 Å². The third kappa shape index (κ3) is 3.92. The highest BCUT2D eigenvalue weighted by molar-refractivity contribution is 5.54. The molecule has 0 amide bonds. The molecule has 0 spiro atoms. The summed E-state index contributed by atoms with van der Waals surface area (Å²) in [6.07, 6.45) is -4.04. The molecule has 1 aliphatic carbocycles. The highest BCUT2D eigenvalue weighted by Gasteiger charge is 2.49. The normalized spacial score (nSPS) is 29.4. The summed E-state index contributed by atoms with van der Waals surface area (Å²) in [5.41, 5.74) is 2.58. The molecule has 1 aliphatic heterocycles.